The molecule has 7 nitrogen and oxygen atoms in total. The van der Waals surface area contributed by atoms with Crippen molar-refractivity contribution >= 4 is 11.6 Å². The zero-order valence-electron chi connectivity index (χ0n) is 17.4. The van der Waals surface area contributed by atoms with Crippen LogP contribution >= 0.6 is 0 Å². The van der Waals surface area contributed by atoms with Gasteiger partial charge in [-0.1, -0.05) is 5.16 Å². The molecule has 31 heavy (non-hydrogen) atoms. The van der Waals surface area contributed by atoms with E-state index >= 15 is 0 Å². The molecule has 0 radical (unpaired) electrons. The van der Waals surface area contributed by atoms with E-state index in [1.54, 1.807) is 12.1 Å². The number of hydrogen-bond acceptors (Lipinski definition) is 6. The monoisotopic (exact) mass is 424 g/mol. The van der Waals surface area contributed by atoms with Crippen LogP contribution in [0.3, 0.4) is 0 Å². The fourth-order valence-corrected chi connectivity index (χ4v) is 3.63. The number of aromatic nitrogens is 2. The van der Waals surface area contributed by atoms with E-state index in [0.29, 0.717) is 30.4 Å². The molecule has 0 bridgehead atoms. The van der Waals surface area contributed by atoms with Gasteiger partial charge in [-0.05, 0) is 81.4 Å². The SMILES string of the molecule is CCOc1ccc(NC(=O)C2CCN(Cc3nc(-c4ccc(F)cc4)no3)CC2)cc1. The molecule has 162 valence electrons. The summed E-state index contributed by atoms with van der Waals surface area (Å²) in [6, 6.07) is 13.4. The summed E-state index contributed by atoms with van der Waals surface area (Å²) in [5.74, 6) is 1.45. The number of nitrogens with one attached hydrogen (secondary N) is 1. The fraction of sp³-hybridized carbons (Fsp3) is 0.348. The topological polar surface area (TPSA) is 80.5 Å². The lowest BCUT2D eigenvalue weighted by Crippen LogP contribution is -2.37. The van der Waals surface area contributed by atoms with Gasteiger partial charge in [-0.3, -0.25) is 9.69 Å². The highest BCUT2D eigenvalue weighted by Crippen LogP contribution is 2.23. The molecule has 1 saturated heterocycles. The van der Waals surface area contributed by atoms with E-state index in [4.69, 9.17) is 9.26 Å². The van der Waals surface area contributed by atoms with Crippen molar-refractivity contribution in [3.05, 3.63) is 60.2 Å². The molecule has 1 fully saturated rings. The molecule has 1 amide bonds. The van der Waals surface area contributed by atoms with Crippen LogP contribution in [0.5, 0.6) is 5.75 Å². The average Bonchev–Trinajstić information content (AvgIpc) is 3.25. The second-order valence-corrected chi connectivity index (χ2v) is 7.52. The Labute approximate surface area is 180 Å². The molecule has 0 aliphatic carbocycles. The molecule has 0 spiro atoms. The lowest BCUT2D eigenvalue weighted by atomic mass is 9.96. The van der Waals surface area contributed by atoms with Gasteiger partial charge in [0.15, 0.2) is 0 Å². The summed E-state index contributed by atoms with van der Waals surface area (Å²) in [4.78, 5) is 19.2. The maximum atomic E-state index is 13.1. The van der Waals surface area contributed by atoms with Gasteiger partial charge < -0.3 is 14.6 Å². The van der Waals surface area contributed by atoms with E-state index < -0.39 is 0 Å². The number of piperidine rings is 1. The van der Waals surface area contributed by atoms with Crippen molar-refractivity contribution in [2.24, 2.45) is 5.92 Å². The number of anilines is 1. The van der Waals surface area contributed by atoms with E-state index in [1.807, 2.05) is 31.2 Å². The third-order valence-corrected chi connectivity index (χ3v) is 5.32. The van der Waals surface area contributed by atoms with E-state index in [1.165, 1.54) is 12.1 Å². The van der Waals surface area contributed by atoms with Gasteiger partial charge in [0.25, 0.3) is 0 Å². The average molecular weight is 424 g/mol. The highest BCUT2D eigenvalue weighted by Gasteiger charge is 2.26. The zero-order valence-corrected chi connectivity index (χ0v) is 17.4. The summed E-state index contributed by atoms with van der Waals surface area (Å²) < 4.78 is 23.8. The van der Waals surface area contributed by atoms with E-state index in [9.17, 15) is 9.18 Å². The summed E-state index contributed by atoms with van der Waals surface area (Å²) in [6.45, 7) is 4.62. The summed E-state index contributed by atoms with van der Waals surface area (Å²) in [5.41, 5.74) is 1.48. The van der Waals surface area contributed by atoms with Crippen LogP contribution in [0.25, 0.3) is 11.4 Å². The number of likely N-dealkylation sites (tertiary alicyclic amines) is 1. The lowest BCUT2D eigenvalue weighted by Gasteiger charge is -2.30. The number of carbonyl (C=O) groups is 1. The molecular formula is C23H25FN4O3. The van der Waals surface area contributed by atoms with Crippen molar-refractivity contribution in [1.29, 1.82) is 0 Å². The van der Waals surface area contributed by atoms with Crippen LogP contribution < -0.4 is 10.1 Å². The molecule has 0 atom stereocenters. The second-order valence-electron chi connectivity index (χ2n) is 7.52. The van der Waals surface area contributed by atoms with Crippen LogP contribution in [-0.2, 0) is 11.3 Å². The molecule has 1 aliphatic rings. The number of ether oxygens (including phenoxy) is 1. The van der Waals surface area contributed by atoms with Gasteiger partial charge in [-0.2, -0.15) is 4.98 Å². The number of benzene rings is 2. The fourth-order valence-electron chi connectivity index (χ4n) is 3.63. The molecule has 2 aromatic carbocycles. The Balaban J connectivity index is 1.26. The number of hydrogen-bond donors (Lipinski definition) is 1. The predicted molar refractivity (Wildman–Crippen MR) is 114 cm³/mol. The maximum absolute atomic E-state index is 13.1. The van der Waals surface area contributed by atoms with E-state index in [0.717, 1.165) is 37.4 Å². The van der Waals surface area contributed by atoms with Crippen molar-refractivity contribution in [1.82, 2.24) is 15.0 Å². The smallest absolute Gasteiger partial charge is 0.241 e. The molecule has 0 saturated carbocycles. The number of amides is 1. The standard InChI is InChI=1S/C23H25FN4O3/c1-2-30-20-9-7-19(8-10-20)25-23(29)17-11-13-28(14-12-17)15-21-26-22(27-31-21)16-3-5-18(24)6-4-16/h3-10,17H,2,11-15H2,1H3,(H,25,29). The molecule has 1 aromatic heterocycles. The molecule has 3 aromatic rings. The van der Waals surface area contributed by atoms with Crippen LogP contribution in [0.2, 0.25) is 0 Å². The normalized spacial score (nSPS) is 15.0. The van der Waals surface area contributed by atoms with Crippen molar-refractivity contribution in [3.8, 4) is 17.1 Å². The van der Waals surface area contributed by atoms with E-state index in [-0.39, 0.29) is 17.6 Å². The third kappa shape index (κ3) is 5.46. The Kier molecular flexibility index (Phi) is 6.57. The van der Waals surface area contributed by atoms with Crippen LogP contribution in [0.4, 0.5) is 10.1 Å². The Bertz CT molecular complexity index is 996. The Morgan fingerprint density at radius 1 is 1.16 bits per heavy atom. The molecule has 4 rings (SSSR count). The lowest BCUT2D eigenvalue weighted by molar-refractivity contribution is -0.121. The first-order chi connectivity index (χ1) is 15.1. The molecular weight excluding hydrogens is 399 g/mol. The van der Waals surface area contributed by atoms with Crippen LogP contribution in [0.15, 0.2) is 53.1 Å². The van der Waals surface area contributed by atoms with Gasteiger partial charge in [0.1, 0.15) is 11.6 Å². The Morgan fingerprint density at radius 3 is 2.55 bits per heavy atom. The quantitative estimate of drug-likeness (QED) is 0.614. The molecule has 2 heterocycles. The first-order valence-electron chi connectivity index (χ1n) is 10.5. The van der Waals surface area contributed by atoms with E-state index in [2.05, 4.69) is 20.4 Å². The minimum atomic E-state index is -0.304. The van der Waals surface area contributed by atoms with Gasteiger partial charge >= 0.3 is 0 Å². The molecule has 1 N–H and O–H groups in total. The first kappa shape index (κ1) is 21.0. The maximum Gasteiger partial charge on any atom is 0.241 e. The van der Waals surface area contributed by atoms with Gasteiger partial charge in [0.05, 0.1) is 13.2 Å². The predicted octanol–water partition coefficient (Wildman–Crippen LogP) is 4.13. The van der Waals surface area contributed by atoms with Gasteiger partial charge in [0, 0.05) is 17.2 Å². The van der Waals surface area contributed by atoms with Crippen LogP contribution in [-0.4, -0.2) is 40.6 Å². The molecule has 8 heteroatoms. The van der Waals surface area contributed by atoms with Crippen molar-refractivity contribution in [2.45, 2.75) is 26.3 Å². The number of carbonyl (C=O) groups excluding carboxylic acids is 1. The molecule has 1 aliphatic heterocycles. The minimum absolute atomic E-state index is 0.0275. The Hall–Kier alpha value is -3.26. The van der Waals surface area contributed by atoms with Crippen LogP contribution in [0.1, 0.15) is 25.7 Å². The van der Waals surface area contributed by atoms with Gasteiger partial charge in [-0.25, -0.2) is 4.39 Å². The van der Waals surface area contributed by atoms with Crippen molar-refractivity contribution in [3.63, 3.8) is 0 Å². The highest BCUT2D eigenvalue weighted by molar-refractivity contribution is 5.92. The summed E-state index contributed by atoms with van der Waals surface area (Å²) in [5, 5.41) is 6.97. The summed E-state index contributed by atoms with van der Waals surface area (Å²) in [7, 11) is 0. The van der Waals surface area contributed by atoms with Gasteiger partial charge in [-0.15, -0.1) is 0 Å². The second kappa shape index (κ2) is 9.70. The number of nitrogens with zero attached hydrogens (tertiary/aromatic N) is 3. The third-order valence-electron chi connectivity index (χ3n) is 5.32. The number of halogens is 1. The minimum Gasteiger partial charge on any atom is -0.494 e. The number of rotatable bonds is 7. The van der Waals surface area contributed by atoms with Crippen molar-refractivity contribution < 1.29 is 18.4 Å². The zero-order chi connectivity index (χ0) is 21.6. The van der Waals surface area contributed by atoms with Crippen LogP contribution in [0, 0.1) is 11.7 Å². The highest BCUT2D eigenvalue weighted by atomic mass is 19.1. The Morgan fingerprint density at radius 2 is 1.87 bits per heavy atom. The largest absolute Gasteiger partial charge is 0.494 e. The molecule has 0 unspecified atom stereocenters. The van der Waals surface area contributed by atoms with Crippen molar-refractivity contribution in [2.75, 3.05) is 25.0 Å². The summed E-state index contributed by atoms with van der Waals surface area (Å²) >= 11 is 0. The van der Waals surface area contributed by atoms with Gasteiger partial charge in [0.2, 0.25) is 17.6 Å². The first-order valence-corrected chi connectivity index (χ1v) is 10.5. The summed E-state index contributed by atoms with van der Waals surface area (Å²) in [6.07, 6.45) is 1.53.